The molecule has 0 aromatic heterocycles. The normalized spacial score (nSPS) is 8.90. The van der Waals surface area contributed by atoms with Gasteiger partial charge < -0.3 is 11.1 Å². The van der Waals surface area contributed by atoms with E-state index in [1.807, 2.05) is 6.92 Å². The number of nitrogens with two attached hydrogens (primary N) is 1. The van der Waals surface area contributed by atoms with E-state index in [0.717, 1.165) is 12.8 Å². The van der Waals surface area contributed by atoms with E-state index in [9.17, 15) is 4.79 Å². The van der Waals surface area contributed by atoms with Crippen molar-refractivity contribution in [1.29, 1.82) is 0 Å². The fourth-order valence-electron chi connectivity index (χ4n) is 0.537. The molecule has 0 heterocycles. The average molecular weight is 160 g/mol. The van der Waals surface area contributed by atoms with Gasteiger partial charge in [0, 0.05) is 6.42 Å². The summed E-state index contributed by atoms with van der Waals surface area (Å²) in [7, 11) is 0. The minimum Gasteiger partial charge on any atom is -0.376 e. The summed E-state index contributed by atoms with van der Waals surface area (Å²) in [6.45, 7) is 2.02. The Kier molecular flexibility index (Phi) is 4.84. The maximum atomic E-state index is 10.7. The lowest BCUT2D eigenvalue weighted by molar-refractivity contribution is -0.119. The molecule has 0 radical (unpaired) electrons. The van der Waals surface area contributed by atoms with Crippen molar-refractivity contribution in [3.05, 3.63) is 0 Å². The summed E-state index contributed by atoms with van der Waals surface area (Å²) in [5.74, 6) is -0.0886. The molecule has 0 aliphatic heterocycles. The topological polar surface area (TPSA) is 55.1 Å². The van der Waals surface area contributed by atoms with Crippen LogP contribution in [0.2, 0.25) is 0 Å². The summed E-state index contributed by atoms with van der Waals surface area (Å²) >= 11 is 4.47. The largest absolute Gasteiger partial charge is 0.376 e. The second-order valence-electron chi connectivity index (χ2n) is 2.02. The second kappa shape index (κ2) is 5.17. The molecule has 0 saturated heterocycles. The van der Waals surface area contributed by atoms with Crippen LogP contribution in [0.3, 0.4) is 0 Å². The van der Waals surface area contributed by atoms with Crippen LogP contribution in [-0.2, 0) is 4.79 Å². The van der Waals surface area contributed by atoms with Crippen molar-refractivity contribution in [1.82, 2.24) is 5.32 Å². The van der Waals surface area contributed by atoms with Crippen LogP contribution < -0.4 is 11.1 Å². The first-order valence-corrected chi connectivity index (χ1v) is 3.67. The molecule has 0 rings (SSSR count). The summed E-state index contributed by atoms with van der Waals surface area (Å²) in [5, 5.41) is 2.40. The second-order valence-corrected chi connectivity index (χ2v) is 2.46. The molecule has 0 spiro atoms. The first kappa shape index (κ1) is 9.36. The summed E-state index contributed by atoms with van der Waals surface area (Å²) in [4.78, 5) is 10.7. The quantitative estimate of drug-likeness (QED) is 0.592. The number of hydrogen-bond acceptors (Lipinski definition) is 2. The van der Waals surface area contributed by atoms with Crippen molar-refractivity contribution >= 4 is 23.2 Å². The Morgan fingerprint density at radius 3 is 2.70 bits per heavy atom. The van der Waals surface area contributed by atoms with Crippen molar-refractivity contribution in [2.45, 2.75) is 26.2 Å². The summed E-state index contributed by atoms with van der Waals surface area (Å²) < 4.78 is 0. The lowest BCUT2D eigenvalue weighted by Crippen LogP contribution is -2.34. The Morgan fingerprint density at radius 2 is 2.30 bits per heavy atom. The standard InChI is InChI=1S/C6H12N2OS/c1-2-3-4-5(9)8-6(7)10/h2-4H2,1H3,(H3,7,8,9,10). The molecule has 10 heavy (non-hydrogen) atoms. The molecule has 3 N–H and O–H groups in total. The lowest BCUT2D eigenvalue weighted by atomic mass is 10.2. The van der Waals surface area contributed by atoms with Crippen LogP contribution >= 0.6 is 12.2 Å². The third kappa shape index (κ3) is 5.50. The van der Waals surface area contributed by atoms with E-state index in [1.54, 1.807) is 0 Å². The first-order valence-electron chi connectivity index (χ1n) is 3.26. The molecule has 1 amide bonds. The molecule has 0 atom stereocenters. The summed E-state index contributed by atoms with van der Waals surface area (Å²) in [5.41, 5.74) is 5.06. The number of carbonyl (C=O) groups excluding carboxylic acids is 1. The van der Waals surface area contributed by atoms with E-state index in [2.05, 4.69) is 17.5 Å². The molecular weight excluding hydrogens is 148 g/mol. The van der Waals surface area contributed by atoms with E-state index in [-0.39, 0.29) is 11.0 Å². The Bertz CT molecular complexity index is 136. The van der Waals surface area contributed by atoms with Crippen LogP contribution in [-0.4, -0.2) is 11.0 Å². The minimum absolute atomic E-state index is 0.0566. The fourth-order valence-corrected chi connectivity index (χ4v) is 0.651. The van der Waals surface area contributed by atoms with Gasteiger partial charge in [-0.05, 0) is 18.6 Å². The average Bonchev–Trinajstić information content (AvgIpc) is 1.82. The number of amides is 1. The molecule has 0 aromatic carbocycles. The number of unbranched alkanes of at least 4 members (excludes halogenated alkanes) is 1. The van der Waals surface area contributed by atoms with E-state index >= 15 is 0 Å². The van der Waals surface area contributed by atoms with Gasteiger partial charge in [0.2, 0.25) is 5.91 Å². The van der Waals surface area contributed by atoms with Crippen LogP contribution in [0.4, 0.5) is 0 Å². The zero-order valence-electron chi connectivity index (χ0n) is 6.02. The predicted molar refractivity (Wildman–Crippen MR) is 44.5 cm³/mol. The fraction of sp³-hybridized carbons (Fsp3) is 0.667. The van der Waals surface area contributed by atoms with E-state index in [1.165, 1.54) is 0 Å². The highest BCUT2D eigenvalue weighted by atomic mass is 32.1. The molecule has 0 fully saturated rings. The van der Waals surface area contributed by atoms with Gasteiger partial charge in [0.15, 0.2) is 5.11 Å². The molecular formula is C6H12N2OS. The van der Waals surface area contributed by atoms with Crippen molar-refractivity contribution in [3.8, 4) is 0 Å². The summed E-state index contributed by atoms with van der Waals surface area (Å²) in [6, 6.07) is 0. The predicted octanol–water partition coefficient (Wildman–Crippen LogP) is 0.536. The molecule has 0 saturated carbocycles. The molecule has 0 aliphatic carbocycles. The Labute approximate surface area is 66.0 Å². The molecule has 0 aromatic rings. The number of thiocarbonyl (C=S) groups is 1. The number of hydrogen-bond donors (Lipinski definition) is 2. The zero-order valence-corrected chi connectivity index (χ0v) is 6.83. The van der Waals surface area contributed by atoms with E-state index in [0.29, 0.717) is 6.42 Å². The van der Waals surface area contributed by atoms with Crippen molar-refractivity contribution < 1.29 is 4.79 Å². The highest BCUT2D eigenvalue weighted by molar-refractivity contribution is 7.80. The van der Waals surface area contributed by atoms with Crippen molar-refractivity contribution in [2.75, 3.05) is 0 Å². The van der Waals surface area contributed by atoms with Crippen molar-refractivity contribution in [3.63, 3.8) is 0 Å². The van der Waals surface area contributed by atoms with Crippen LogP contribution in [0.1, 0.15) is 26.2 Å². The van der Waals surface area contributed by atoms with Crippen LogP contribution in [0.25, 0.3) is 0 Å². The van der Waals surface area contributed by atoms with E-state index < -0.39 is 0 Å². The molecule has 58 valence electrons. The third-order valence-electron chi connectivity index (χ3n) is 1.02. The highest BCUT2D eigenvalue weighted by Crippen LogP contribution is 1.92. The van der Waals surface area contributed by atoms with E-state index in [4.69, 9.17) is 5.73 Å². The number of carbonyl (C=O) groups is 1. The van der Waals surface area contributed by atoms with Gasteiger partial charge in [-0.2, -0.15) is 0 Å². The van der Waals surface area contributed by atoms with Crippen LogP contribution in [0.5, 0.6) is 0 Å². The molecule has 4 heteroatoms. The smallest absolute Gasteiger partial charge is 0.226 e. The van der Waals surface area contributed by atoms with Gasteiger partial charge in [0.25, 0.3) is 0 Å². The van der Waals surface area contributed by atoms with Gasteiger partial charge in [-0.25, -0.2) is 0 Å². The van der Waals surface area contributed by atoms with Gasteiger partial charge in [-0.15, -0.1) is 0 Å². The molecule has 0 bridgehead atoms. The van der Waals surface area contributed by atoms with Crippen LogP contribution in [0.15, 0.2) is 0 Å². The molecule has 3 nitrogen and oxygen atoms in total. The Balaban J connectivity index is 3.35. The maximum absolute atomic E-state index is 10.7. The number of rotatable bonds is 3. The minimum atomic E-state index is -0.0886. The zero-order chi connectivity index (χ0) is 7.98. The van der Waals surface area contributed by atoms with Gasteiger partial charge >= 0.3 is 0 Å². The molecule has 0 unspecified atom stereocenters. The Hall–Kier alpha value is -0.640. The maximum Gasteiger partial charge on any atom is 0.226 e. The van der Waals surface area contributed by atoms with Gasteiger partial charge in [-0.3, -0.25) is 4.79 Å². The van der Waals surface area contributed by atoms with Crippen LogP contribution in [0, 0.1) is 0 Å². The summed E-state index contributed by atoms with van der Waals surface area (Å²) in [6.07, 6.45) is 2.40. The first-order chi connectivity index (χ1) is 4.66. The SMILES string of the molecule is CCCCC(=O)NC(N)=S. The lowest BCUT2D eigenvalue weighted by Gasteiger charge is -1.99. The van der Waals surface area contributed by atoms with Gasteiger partial charge in [-0.1, -0.05) is 13.3 Å². The highest BCUT2D eigenvalue weighted by Gasteiger charge is 1.98. The monoisotopic (exact) mass is 160 g/mol. The third-order valence-corrected chi connectivity index (χ3v) is 1.12. The molecule has 0 aliphatic rings. The van der Waals surface area contributed by atoms with Gasteiger partial charge in [0.05, 0.1) is 0 Å². The van der Waals surface area contributed by atoms with Crippen molar-refractivity contribution in [2.24, 2.45) is 5.73 Å². The Morgan fingerprint density at radius 1 is 1.70 bits per heavy atom. The number of nitrogens with one attached hydrogen (secondary N) is 1. The van der Waals surface area contributed by atoms with Gasteiger partial charge in [0.1, 0.15) is 0 Å².